The van der Waals surface area contributed by atoms with Gasteiger partial charge >= 0.3 is 0 Å². The molecule has 0 atom stereocenters. The van der Waals surface area contributed by atoms with Crippen molar-refractivity contribution in [2.45, 2.75) is 39.4 Å². The molecule has 0 amide bonds. The second-order valence-corrected chi connectivity index (χ2v) is 6.31. The summed E-state index contributed by atoms with van der Waals surface area (Å²) in [4.78, 5) is 11.0. The fraction of sp³-hybridized carbons (Fsp3) is 0.412. The highest BCUT2D eigenvalue weighted by Gasteiger charge is 2.10. The molecule has 0 aromatic carbocycles. The Morgan fingerprint density at radius 1 is 1.14 bits per heavy atom. The predicted octanol–water partition coefficient (Wildman–Crippen LogP) is 3.00. The molecule has 0 aliphatic rings. The second kappa shape index (κ2) is 6.68. The lowest BCUT2D eigenvalue weighted by Gasteiger charge is -2.22. The van der Waals surface area contributed by atoms with E-state index in [-0.39, 0.29) is 5.54 Å². The average Bonchev–Trinajstić information content (AvgIpc) is 2.46. The van der Waals surface area contributed by atoms with Crippen molar-refractivity contribution >= 4 is 5.82 Å². The molecule has 0 fully saturated rings. The van der Waals surface area contributed by atoms with Gasteiger partial charge in [-0.25, -0.2) is 4.98 Å². The molecule has 0 aliphatic heterocycles. The first kappa shape index (κ1) is 15.4. The molecule has 0 aliphatic carbocycles. The molecule has 112 valence electrons. The van der Waals surface area contributed by atoms with Crippen LogP contribution in [0, 0.1) is 0 Å². The van der Waals surface area contributed by atoms with E-state index in [9.17, 15) is 0 Å². The largest absolute Gasteiger partial charge is 0.355 e. The van der Waals surface area contributed by atoms with Gasteiger partial charge in [0.1, 0.15) is 5.82 Å². The first-order chi connectivity index (χ1) is 9.94. The highest BCUT2D eigenvalue weighted by Crippen LogP contribution is 2.13. The lowest BCUT2D eigenvalue weighted by Crippen LogP contribution is -2.35. The third-order valence-electron chi connectivity index (χ3n) is 3.13. The van der Waals surface area contributed by atoms with Crippen molar-refractivity contribution in [2.75, 3.05) is 11.9 Å². The van der Waals surface area contributed by atoms with Crippen LogP contribution in [-0.4, -0.2) is 22.6 Å². The zero-order valence-corrected chi connectivity index (χ0v) is 13.3. The number of pyridine rings is 2. The third-order valence-corrected chi connectivity index (χ3v) is 3.13. The van der Waals surface area contributed by atoms with Crippen LogP contribution in [0.1, 0.15) is 32.0 Å². The van der Waals surface area contributed by atoms with Crippen molar-refractivity contribution in [1.82, 2.24) is 15.3 Å². The van der Waals surface area contributed by atoms with Crippen molar-refractivity contribution < 1.29 is 0 Å². The van der Waals surface area contributed by atoms with Gasteiger partial charge in [-0.15, -0.1) is 0 Å². The van der Waals surface area contributed by atoms with Crippen molar-refractivity contribution in [2.24, 2.45) is 0 Å². The number of rotatable bonds is 5. The fourth-order valence-electron chi connectivity index (χ4n) is 1.98. The summed E-state index contributed by atoms with van der Waals surface area (Å²) in [6.45, 7) is 8.05. The van der Waals surface area contributed by atoms with Crippen LogP contribution in [0.2, 0.25) is 0 Å². The summed E-state index contributed by atoms with van der Waals surface area (Å²) in [5, 5.41) is 3.46. The Hall–Kier alpha value is -1.94. The quantitative estimate of drug-likeness (QED) is 0.916. The molecule has 0 radical (unpaired) electrons. The smallest absolute Gasteiger partial charge is 0.128 e. The summed E-state index contributed by atoms with van der Waals surface area (Å²) < 4.78 is 0. The van der Waals surface area contributed by atoms with E-state index in [2.05, 4.69) is 61.2 Å². The maximum atomic E-state index is 4.71. The standard InChI is InChI=1S/C17H24N4/c1-17(2,3)19-12-15-8-5-9-16(20-15)21(4)13-14-7-6-10-18-11-14/h5-11,19H,12-13H2,1-4H3. The van der Waals surface area contributed by atoms with Gasteiger partial charge in [0.2, 0.25) is 0 Å². The number of anilines is 1. The second-order valence-electron chi connectivity index (χ2n) is 6.31. The SMILES string of the molecule is CN(Cc1cccnc1)c1cccc(CNC(C)(C)C)n1. The molecule has 4 heteroatoms. The van der Waals surface area contributed by atoms with Crippen molar-refractivity contribution in [3.8, 4) is 0 Å². The first-order valence-corrected chi connectivity index (χ1v) is 7.25. The van der Waals surface area contributed by atoms with E-state index < -0.39 is 0 Å². The zero-order valence-electron chi connectivity index (χ0n) is 13.3. The molecule has 21 heavy (non-hydrogen) atoms. The Morgan fingerprint density at radius 3 is 2.62 bits per heavy atom. The molecule has 2 aromatic rings. The summed E-state index contributed by atoms with van der Waals surface area (Å²) in [6.07, 6.45) is 3.68. The minimum absolute atomic E-state index is 0.0965. The van der Waals surface area contributed by atoms with Gasteiger partial charge in [0.05, 0.1) is 5.69 Å². The van der Waals surface area contributed by atoms with Gasteiger partial charge in [0.25, 0.3) is 0 Å². The molecule has 4 nitrogen and oxygen atoms in total. The number of aromatic nitrogens is 2. The zero-order chi connectivity index (χ0) is 15.3. The van der Waals surface area contributed by atoms with Gasteiger partial charge in [-0.3, -0.25) is 4.98 Å². The molecular weight excluding hydrogens is 260 g/mol. The Morgan fingerprint density at radius 2 is 1.95 bits per heavy atom. The summed E-state index contributed by atoms with van der Waals surface area (Å²) in [5.74, 6) is 0.979. The lowest BCUT2D eigenvalue weighted by molar-refractivity contribution is 0.421. The number of hydrogen-bond acceptors (Lipinski definition) is 4. The Kier molecular flexibility index (Phi) is 4.91. The summed E-state index contributed by atoms with van der Waals surface area (Å²) >= 11 is 0. The third kappa shape index (κ3) is 5.16. The predicted molar refractivity (Wildman–Crippen MR) is 87.2 cm³/mol. The minimum Gasteiger partial charge on any atom is -0.355 e. The molecule has 2 heterocycles. The molecular formula is C17H24N4. The Bertz CT molecular complexity index is 561. The van der Waals surface area contributed by atoms with Crippen LogP contribution in [0.3, 0.4) is 0 Å². The molecule has 0 saturated carbocycles. The Labute approximate surface area is 127 Å². The van der Waals surface area contributed by atoms with Gasteiger partial charge in [0, 0.05) is 38.1 Å². The van der Waals surface area contributed by atoms with E-state index in [1.807, 2.05) is 18.3 Å². The van der Waals surface area contributed by atoms with E-state index in [0.29, 0.717) is 0 Å². The van der Waals surface area contributed by atoms with Gasteiger partial charge in [-0.2, -0.15) is 0 Å². The number of nitrogens with one attached hydrogen (secondary N) is 1. The highest BCUT2D eigenvalue weighted by atomic mass is 15.2. The van der Waals surface area contributed by atoms with Crippen LogP contribution in [0.15, 0.2) is 42.7 Å². The molecule has 0 saturated heterocycles. The lowest BCUT2D eigenvalue weighted by atomic mass is 10.1. The van der Waals surface area contributed by atoms with Crippen LogP contribution in [0.25, 0.3) is 0 Å². The molecule has 0 spiro atoms. The fourth-order valence-corrected chi connectivity index (χ4v) is 1.98. The van der Waals surface area contributed by atoms with E-state index in [1.54, 1.807) is 6.20 Å². The van der Waals surface area contributed by atoms with E-state index in [1.165, 1.54) is 5.56 Å². The molecule has 1 N–H and O–H groups in total. The molecule has 0 bridgehead atoms. The number of hydrogen-bond donors (Lipinski definition) is 1. The van der Waals surface area contributed by atoms with E-state index in [0.717, 1.165) is 24.6 Å². The topological polar surface area (TPSA) is 41.1 Å². The molecule has 2 rings (SSSR count). The summed E-state index contributed by atoms with van der Waals surface area (Å²) in [7, 11) is 2.05. The van der Waals surface area contributed by atoms with Gasteiger partial charge in [-0.05, 0) is 44.5 Å². The highest BCUT2D eigenvalue weighted by molar-refractivity contribution is 5.39. The minimum atomic E-state index is 0.0965. The Balaban J connectivity index is 2.03. The monoisotopic (exact) mass is 284 g/mol. The van der Waals surface area contributed by atoms with Crippen LogP contribution in [0.5, 0.6) is 0 Å². The van der Waals surface area contributed by atoms with Crippen LogP contribution >= 0.6 is 0 Å². The van der Waals surface area contributed by atoms with Crippen LogP contribution in [-0.2, 0) is 13.1 Å². The van der Waals surface area contributed by atoms with Crippen molar-refractivity contribution in [3.05, 3.63) is 54.0 Å². The van der Waals surface area contributed by atoms with E-state index >= 15 is 0 Å². The maximum absolute atomic E-state index is 4.71. The summed E-state index contributed by atoms with van der Waals surface area (Å²) in [5.41, 5.74) is 2.33. The van der Waals surface area contributed by atoms with Crippen molar-refractivity contribution in [3.63, 3.8) is 0 Å². The summed E-state index contributed by atoms with van der Waals surface area (Å²) in [6, 6.07) is 10.2. The van der Waals surface area contributed by atoms with Gasteiger partial charge in [0.15, 0.2) is 0 Å². The van der Waals surface area contributed by atoms with Crippen molar-refractivity contribution in [1.29, 1.82) is 0 Å². The van der Waals surface area contributed by atoms with E-state index in [4.69, 9.17) is 4.98 Å². The molecule has 0 unspecified atom stereocenters. The molecule has 2 aromatic heterocycles. The van der Waals surface area contributed by atoms with Crippen LogP contribution in [0.4, 0.5) is 5.82 Å². The maximum Gasteiger partial charge on any atom is 0.128 e. The van der Waals surface area contributed by atoms with Crippen LogP contribution < -0.4 is 10.2 Å². The normalized spacial score (nSPS) is 11.4. The van der Waals surface area contributed by atoms with Gasteiger partial charge < -0.3 is 10.2 Å². The van der Waals surface area contributed by atoms with Gasteiger partial charge in [-0.1, -0.05) is 12.1 Å². The average molecular weight is 284 g/mol. The number of nitrogens with zero attached hydrogens (tertiary/aromatic N) is 3. The first-order valence-electron chi connectivity index (χ1n) is 7.25.